The number of guanidine groups is 1. The summed E-state index contributed by atoms with van der Waals surface area (Å²) in [6.45, 7) is 4.18. The van der Waals surface area contributed by atoms with Crippen LogP contribution in [0.3, 0.4) is 0 Å². The number of hydrogen-bond acceptors (Lipinski definition) is 4. The van der Waals surface area contributed by atoms with E-state index in [1.807, 2.05) is 18.5 Å². The van der Waals surface area contributed by atoms with E-state index >= 15 is 0 Å². The molecule has 2 aliphatic rings. The van der Waals surface area contributed by atoms with Crippen molar-refractivity contribution in [3.63, 3.8) is 0 Å². The van der Waals surface area contributed by atoms with Gasteiger partial charge in [-0.15, -0.1) is 10.2 Å². The van der Waals surface area contributed by atoms with Crippen molar-refractivity contribution in [2.75, 3.05) is 13.2 Å². The van der Waals surface area contributed by atoms with Gasteiger partial charge < -0.3 is 19.9 Å². The fraction of sp³-hybridized carbons (Fsp3) is 0.812. The fourth-order valence-electron chi connectivity index (χ4n) is 3.17. The lowest BCUT2D eigenvalue weighted by Crippen LogP contribution is -2.45. The highest BCUT2D eigenvalue weighted by atomic mass is 16.5. The number of nitrogens with one attached hydrogen (secondary N) is 2. The average Bonchev–Trinajstić information content (AvgIpc) is 3.28. The first-order chi connectivity index (χ1) is 11.2. The number of aryl methyl sites for hydroxylation is 1. The summed E-state index contributed by atoms with van der Waals surface area (Å²) in [5.74, 6) is 2.66. The zero-order valence-electron chi connectivity index (χ0n) is 14.2. The van der Waals surface area contributed by atoms with Gasteiger partial charge in [-0.2, -0.15) is 0 Å². The molecule has 7 nitrogen and oxygen atoms in total. The molecule has 128 valence electrons. The minimum absolute atomic E-state index is 0.308. The molecule has 3 rings (SSSR count). The van der Waals surface area contributed by atoms with E-state index in [9.17, 15) is 0 Å². The maximum absolute atomic E-state index is 5.69. The zero-order chi connectivity index (χ0) is 16.1. The van der Waals surface area contributed by atoms with Crippen molar-refractivity contribution < 1.29 is 4.74 Å². The summed E-state index contributed by atoms with van der Waals surface area (Å²) in [5, 5.41) is 15.3. The maximum atomic E-state index is 5.69. The Kier molecular flexibility index (Phi) is 5.48. The van der Waals surface area contributed by atoms with Crippen LogP contribution in [0.15, 0.2) is 4.99 Å². The molecule has 0 amide bonds. The number of nitrogens with zero attached hydrogens (tertiary/aromatic N) is 4. The molecule has 1 aromatic heterocycles. The van der Waals surface area contributed by atoms with Gasteiger partial charge in [-0.3, -0.25) is 0 Å². The van der Waals surface area contributed by atoms with Crippen molar-refractivity contribution in [3.8, 4) is 0 Å². The van der Waals surface area contributed by atoms with Crippen molar-refractivity contribution >= 4 is 5.96 Å². The van der Waals surface area contributed by atoms with E-state index in [4.69, 9.17) is 9.73 Å². The van der Waals surface area contributed by atoms with Gasteiger partial charge in [-0.25, -0.2) is 4.99 Å². The molecule has 1 saturated heterocycles. The first kappa shape index (κ1) is 16.2. The summed E-state index contributed by atoms with van der Waals surface area (Å²) < 4.78 is 7.67. The molecule has 1 aliphatic heterocycles. The van der Waals surface area contributed by atoms with Crippen LogP contribution in [0.4, 0.5) is 0 Å². The van der Waals surface area contributed by atoms with Gasteiger partial charge in [0.25, 0.3) is 0 Å². The third kappa shape index (κ3) is 4.43. The van der Waals surface area contributed by atoms with Crippen LogP contribution in [0.25, 0.3) is 0 Å². The van der Waals surface area contributed by atoms with Crippen LogP contribution in [0, 0.1) is 6.92 Å². The molecule has 0 aromatic carbocycles. The molecule has 0 bridgehead atoms. The second-order valence-electron chi connectivity index (χ2n) is 6.53. The molecule has 23 heavy (non-hydrogen) atoms. The van der Waals surface area contributed by atoms with Crippen molar-refractivity contribution in [1.29, 1.82) is 0 Å². The molecule has 2 heterocycles. The third-order valence-corrected chi connectivity index (χ3v) is 4.78. The van der Waals surface area contributed by atoms with E-state index < -0.39 is 0 Å². The Morgan fingerprint density at radius 3 is 2.74 bits per heavy atom. The van der Waals surface area contributed by atoms with Gasteiger partial charge in [0.05, 0.1) is 6.10 Å². The summed E-state index contributed by atoms with van der Waals surface area (Å²) in [5.41, 5.74) is 0. The number of ether oxygens (including phenoxy) is 1. The highest BCUT2D eigenvalue weighted by molar-refractivity contribution is 5.80. The smallest absolute Gasteiger partial charge is 0.192 e. The van der Waals surface area contributed by atoms with E-state index in [2.05, 4.69) is 20.8 Å². The van der Waals surface area contributed by atoms with Crippen molar-refractivity contribution in [1.82, 2.24) is 25.4 Å². The molecular formula is C16H28N6O. The molecule has 2 fully saturated rings. The van der Waals surface area contributed by atoms with Crippen LogP contribution in [-0.2, 0) is 18.3 Å². The third-order valence-electron chi connectivity index (χ3n) is 4.78. The molecule has 1 atom stereocenters. The first-order valence-corrected chi connectivity index (χ1v) is 8.73. The van der Waals surface area contributed by atoms with Gasteiger partial charge in [-0.05, 0) is 32.6 Å². The number of aliphatic imine (C=N–C) groups is 1. The van der Waals surface area contributed by atoms with Gasteiger partial charge >= 0.3 is 0 Å². The van der Waals surface area contributed by atoms with E-state index in [-0.39, 0.29) is 0 Å². The summed E-state index contributed by atoms with van der Waals surface area (Å²) in [6, 6.07) is 0.534. The van der Waals surface area contributed by atoms with Gasteiger partial charge in [0.1, 0.15) is 12.4 Å². The zero-order valence-corrected chi connectivity index (χ0v) is 14.2. The predicted octanol–water partition coefficient (Wildman–Crippen LogP) is 1.28. The topological polar surface area (TPSA) is 76.4 Å². The standard InChI is InChI=1S/C16H28N6O/c1-12-20-21-15(22(12)2)11-18-16(19-13-6-3-4-7-13)17-10-14-8-5-9-23-14/h13-14H,3-11H2,1-2H3,(H2,17,18,19). The Morgan fingerprint density at radius 1 is 1.26 bits per heavy atom. The summed E-state index contributed by atoms with van der Waals surface area (Å²) >= 11 is 0. The normalized spacial score (nSPS) is 22.7. The van der Waals surface area contributed by atoms with Gasteiger partial charge in [-0.1, -0.05) is 12.8 Å². The Bertz CT molecular complexity index is 529. The number of hydrogen-bond donors (Lipinski definition) is 2. The molecule has 1 aromatic rings. The van der Waals surface area contributed by atoms with Crippen LogP contribution in [0.5, 0.6) is 0 Å². The monoisotopic (exact) mass is 320 g/mol. The second kappa shape index (κ2) is 7.77. The Hall–Kier alpha value is -1.63. The van der Waals surface area contributed by atoms with Gasteiger partial charge in [0.15, 0.2) is 11.8 Å². The van der Waals surface area contributed by atoms with Crippen LogP contribution in [0.2, 0.25) is 0 Å². The predicted molar refractivity (Wildman–Crippen MR) is 89.2 cm³/mol. The van der Waals surface area contributed by atoms with Crippen molar-refractivity contribution in [2.24, 2.45) is 12.0 Å². The summed E-state index contributed by atoms with van der Waals surface area (Å²) in [7, 11) is 1.98. The lowest BCUT2D eigenvalue weighted by Gasteiger charge is -2.19. The first-order valence-electron chi connectivity index (χ1n) is 8.73. The summed E-state index contributed by atoms with van der Waals surface area (Å²) in [6.07, 6.45) is 7.66. The van der Waals surface area contributed by atoms with Crippen LogP contribution in [0.1, 0.15) is 50.2 Å². The quantitative estimate of drug-likeness (QED) is 0.631. The second-order valence-corrected chi connectivity index (χ2v) is 6.53. The molecular weight excluding hydrogens is 292 g/mol. The largest absolute Gasteiger partial charge is 0.376 e. The van der Waals surface area contributed by atoms with Crippen LogP contribution < -0.4 is 10.6 Å². The molecule has 0 spiro atoms. The van der Waals surface area contributed by atoms with Crippen molar-refractivity contribution in [3.05, 3.63) is 11.6 Å². The van der Waals surface area contributed by atoms with E-state index in [0.717, 1.165) is 43.6 Å². The highest BCUT2D eigenvalue weighted by Gasteiger charge is 2.19. The molecule has 1 saturated carbocycles. The maximum Gasteiger partial charge on any atom is 0.192 e. The Morgan fingerprint density at radius 2 is 2.09 bits per heavy atom. The molecule has 1 aliphatic carbocycles. The van der Waals surface area contributed by atoms with Crippen molar-refractivity contribution in [2.45, 2.75) is 64.1 Å². The Balaban J connectivity index is 1.60. The fourth-order valence-corrected chi connectivity index (χ4v) is 3.17. The van der Waals surface area contributed by atoms with Crippen LogP contribution in [-0.4, -0.2) is 46.0 Å². The lowest BCUT2D eigenvalue weighted by molar-refractivity contribution is 0.113. The average molecular weight is 320 g/mol. The lowest BCUT2D eigenvalue weighted by atomic mass is 10.2. The van der Waals surface area contributed by atoms with E-state index in [1.165, 1.54) is 25.7 Å². The van der Waals surface area contributed by atoms with Gasteiger partial charge in [0.2, 0.25) is 0 Å². The van der Waals surface area contributed by atoms with E-state index in [1.54, 1.807) is 0 Å². The van der Waals surface area contributed by atoms with Gasteiger partial charge in [0, 0.05) is 26.2 Å². The Labute approximate surface area is 137 Å². The van der Waals surface area contributed by atoms with E-state index in [0.29, 0.717) is 18.7 Å². The minimum Gasteiger partial charge on any atom is -0.376 e. The summed E-state index contributed by atoms with van der Waals surface area (Å²) in [4.78, 5) is 4.71. The SMILES string of the molecule is Cc1nnc(CN=C(NCC2CCCO2)NC2CCCC2)n1C. The molecule has 2 N–H and O–H groups in total. The number of rotatable bonds is 5. The molecule has 7 heteroatoms. The number of aromatic nitrogens is 3. The highest BCUT2D eigenvalue weighted by Crippen LogP contribution is 2.17. The molecule has 0 radical (unpaired) electrons. The van der Waals surface area contributed by atoms with Crippen LogP contribution >= 0.6 is 0 Å². The minimum atomic E-state index is 0.308. The molecule has 1 unspecified atom stereocenters.